The summed E-state index contributed by atoms with van der Waals surface area (Å²) >= 11 is 0. The summed E-state index contributed by atoms with van der Waals surface area (Å²) < 4.78 is 0. The smallest absolute Gasteiger partial charge is 0.0908 e. The molecule has 0 unspecified atom stereocenters. The van der Waals surface area contributed by atoms with Gasteiger partial charge in [-0.15, -0.1) is 0 Å². The van der Waals surface area contributed by atoms with Crippen LogP contribution in [0.25, 0.3) is 0 Å². The molecular weight excluding hydrogens is 340 g/mol. The molecule has 4 N–H and O–H groups in total. The Morgan fingerprint density at radius 3 is 2.52 bits per heavy atom. The van der Waals surface area contributed by atoms with E-state index in [4.69, 9.17) is 0 Å². The Kier molecular flexibility index (Phi) is 3.85. The molecule has 4 nitrogen and oxygen atoms in total. The van der Waals surface area contributed by atoms with E-state index in [1.54, 1.807) is 0 Å². The molecule has 0 aromatic heterocycles. The van der Waals surface area contributed by atoms with Gasteiger partial charge in [0, 0.05) is 23.9 Å². The van der Waals surface area contributed by atoms with E-state index in [9.17, 15) is 20.4 Å². The van der Waals surface area contributed by atoms with Crippen LogP contribution in [-0.2, 0) is 0 Å². The van der Waals surface area contributed by atoms with Crippen molar-refractivity contribution in [3.8, 4) is 0 Å². The van der Waals surface area contributed by atoms with Crippen LogP contribution < -0.4 is 0 Å². The Morgan fingerprint density at radius 2 is 1.78 bits per heavy atom. The lowest BCUT2D eigenvalue weighted by molar-refractivity contribution is -0.188. The minimum absolute atomic E-state index is 0.0821. The maximum Gasteiger partial charge on any atom is 0.0908 e. The van der Waals surface area contributed by atoms with E-state index >= 15 is 0 Å². The van der Waals surface area contributed by atoms with Crippen molar-refractivity contribution in [2.75, 3.05) is 6.61 Å². The van der Waals surface area contributed by atoms with E-state index < -0.39 is 17.3 Å². The largest absolute Gasteiger partial charge is 0.396 e. The zero-order valence-corrected chi connectivity index (χ0v) is 16.8. The van der Waals surface area contributed by atoms with E-state index in [0.29, 0.717) is 48.9 Å². The first-order chi connectivity index (χ1) is 12.7. The van der Waals surface area contributed by atoms with Crippen LogP contribution in [0.15, 0.2) is 12.2 Å². The zero-order valence-electron chi connectivity index (χ0n) is 16.8. The average Bonchev–Trinajstić information content (AvgIpc) is 3.38. The molecule has 4 saturated carbocycles. The fraction of sp³-hybridized carbons (Fsp3) is 0.913. The predicted molar refractivity (Wildman–Crippen MR) is 103 cm³/mol. The number of aliphatic hydroxyl groups excluding tert-OH is 2. The zero-order chi connectivity index (χ0) is 19.2. The van der Waals surface area contributed by atoms with Crippen molar-refractivity contribution in [2.45, 2.75) is 82.5 Å². The lowest BCUT2D eigenvalue weighted by Crippen LogP contribution is -2.62. The fourth-order valence-corrected chi connectivity index (χ4v) is 8.57. The molecular formula is C23H36O4. The Hall–Kier alpha value is -0.420. The number of fused-ring (bicyclic) bond motifs is 7. The first kappa shape index (κ1) is 18.6. The average molecular weight is 377 g/mol. The molecule has 0 heterocycles. The number of aliphatic hydroxyl groups is 4. The third-order valence-electron chi connectivity index (χ3n) is 10.2. The van der Waals surface area contributed by atoms with Crippen LogP contribution >= 0.6 is 0 Å². The minimum Gasteiger partial charge on any atom is -0.396 e. The molecule has 27 heavy (non-hydrogen) atoms. The second-order valence-corrected chi connectivity index (χ2v) is 11.0. The highest BCUT2D eigenvalue weighted by atomic mass is 16.3. The molecule has 4 heteroatoms. The Bertz CT molecular complexity index is 663. The van der Waals surface area contributed by atoms with Gasteiger partial charge >= 0.3 is 0 Å². The molecule has 4 fully saturated rings. The van der Waals surface area contributed by atoms with Gasteiger partial charge in [0.05, 0.1) is 17.3 Å². The van der Waals surface area contributed by atoms with Crippen molar-refractivity contribution in [3.05, 3.63) is 12.2 Å². The van der Waals surface area contributed by atoms with Crippen molar-refractivity contribution in [2.24, 2.45) is 40.4 Å². The molecule has 0 aromatic rings. The maximum absolute atomic E-state index is 11.7. The van der Waals surface area contributed by atoms with Gasteiger partial charge in [0.2, 0.25) is 0 Å². The van der Waals surface area contributed by atoms with E-state index in [1.165, 1.54) is 0 Å². The summed E-state index contributed by atoms with van der Waals surface area (Å²) in [5, 5.41) is 42.7. The second kappa shape index (κ2) is 5.59. The van der Waals surface area contributed by atoms with Gasteiger partial charge in [-0.2, -0.15) is 0 Å². The van der Waals surface area contributed by atoms with Crippen LogP contribution in [0.1, 0.15) is 65.2 Å². The van der Waals surface area contributed by atoms with Crippen molar-refractivity contribution < 1.29 is 20.4 Å². The van der Waals surface area contributed by atoms with E-state index in [-0.39, 0.29) is 17.4 Å². The topological polar surface area (TPSA) is 80.9 Å². The number of hydrogen-bond acceptors (Lipinski definition) is 4. The summed E-state index contributed by atoms with van der Waals surface area (Å²) in [6.45, 7) is 4.71. The van der Waals surface area contributed by atoms with Crippen molar-refractivity contribution in [1.29, 1.82) is 0 Å². The van der Waals surface area contributed by atoms with Crippen LogP contribution in [-0.4, -0.2) is 44.3 Å². The normalized spacial score (nSPS) is 61.0. The Labute approximate surface area is 162 Å². The molecule has 5 aliphatic carbocycles. The van der Waals surface area contributed by atoms with Crippen molar-refractivity contribution in [3.63, 3.8) is 0 Å². The lowest BCUT2D eigenvalue weighted by atomic mass is 9.44. The van der Waals surface area contributed by atoms with Gasteiger partial charge in [0.15, 0.2) is 0 Å². The van der Waals surface area contributed by atoms with Gasteiger partial charge in [0.25, 0.3) is 0 Å². The van der Waals surface area contributed by atoms with Gasteiger partial charge < -0.3 is 20.4 Å². The highest BCUT2D eigenvalue weighted by Gasteiger charge is 2.76. The summed E-state index contributed by atoms with van der Waals surface area (Å²) in [6, 6.07) is 0. The first-order valence-corrected chi connectivity index (χ1v) is 11.1. The molecule has 0 saturated heterocycles. The molecule has 0 aromatic carbocycles. The molecule has 5 rings (SSSR count). The molecule has 0 radical (unpaired) electrons. The summed E-state index contributed by atoms with van der Waals surface area (Å²) in [4.78, 5) is 0. The summed E-state index contributed by atoms with van der Waals surface area (Å²) in [6.07, 6.45) is 10.6. The van der Waals surface area contributed by atoms with Gasteiger partial charge in [-0.1, -0.05) is 26.0 Å². The van der Waals surface area contributed by atoms with Crippen LogP contribution in [0.3, 0.4) is 0 Å². The number of rotatable bonds is 3. The summed E-state index contributed by atoms with van der Waals surface area (Å²) in [5.74, 6) is 2.32. The second-order valence-electron chi connectivity index (χ2n) is 11.0. The monoisotopic (exact) mass is 376 g/mol. The van der Waals surface area contributed by atoms with E-state index in [2.05, 4.69) is 19.9 Å². The lowest BCUT2D eigenvalue weighted by Gasteiger charge is -2.62. The third-order valence-corrected chi connectivity index (χ3v) is 10.2. The van der Waals surface area contributed by atoms with Crippen molar-refractivity contribution in [1.82, 2.24) is 0 Å². The van der Waals surface area contributed by atoms with Gasteiger partial charge in [0.1, 0.15) is 0 Å². The molecule has 0 amide bonds. The highest BCUT2D eigenvalue weighted by Crippen LogP contribution is 2.77. The number of hydrogen-bond donors (Lipinski definition) is 4. The van der Waals surface area contributed by atoms with Gasteiger partial charge in [-0.25, -0.2) is 0 Å². The fourth-order valence-electron chi connectivity index (χ4n) is 8.57. The van der Waals surface area contributed by atoms with Crippen molar-refractivity contribution >= 4 is 0 Å². The van der Waals surface area contributed by atoms with Crippen LogP contribution in [0.2, 0.25) is 0 Å². The molecule has 152 valence electrons. The first-order valence-electron chi connectivity index (χ1n) is 11.1. The standard InChI is InChI=1S/C23H36O4/c1-20-8-4-14(25)13-22(20,26)10-5-15-17(20)6-9-21(2)19(15)16-12-18(16)23(21,27)7-3-11-24/h5,10,14-19,24-27H,3-4,6-9,11-13H2,1-2H3/t14-,15+,16+,17-,18-,19+,20+,21-,22-,23-/m0/s1. The predicted octanol–water partition coefficient (Wildman–Crippen LogP) is 2.64. The third kappa shape index (κ3) is 2.14. The Balaban J connectivity index is 1.52. The quantitative estimate of drug-likeness (QED) is 0.571. The highest BCUT2D eigenvalue weighted by molar-refractivity contribution is 5.30. The van der Waals surface area contributed by atoms with E-state index in [0.717, 1.165) is 32.1 Å². The summed E-state index contributed by atoms with van der Waals surface area (Å²) in [7, 11) is 0. The maximum atomic E-state index is 11.7. The van der Waals surface area contributed by atoms with Crippen LogP contribution in [0.5, 0.6) is 0 Å². The number of allylic oxidation sites excluding steroid dienone is 1. The molecule has 0 aliphatic heterocycles. The SMILES string of the molecule is C[C@]12CC[C@H]3[C@@H](C=C[C@]4(O)C[C@@H](O)CC[C@]34C)[C@@H]1[C@@H]1C[C@@H]1[C@@]2(O)CCCO. The van der Waals surface area contributed by atoms with E-state index in [1.807, 2.05) is 6.08 Å². The minimum atomic E-state index is -0.895. The molecule has 10 atom stereocenters. The van der Waals surface area contributed by atoms with Crippen LogP contribution in [0, 0.1) is 40.4 Å². The molecule has 0 spiro atoms. The van der Waals surface area contributed by atoms with Gasteiger partial charge in [-0.05, 0) is 74.5 Å². The van der Waals surface area contributed by atoms with Gasteiger partial charge in [-0.3, -0.25) is 0 Å². The van der Waals surface area contributed by atoms with Crippen LogP contribution in [0.4, 0.5) is 0 Å². The molecule has 0 bridgehead atoms. The summed E-state index contributed by atoms with van der Waals surface area (Å²) in [5.41, 5.74) is -1.79. The Morgan fingerprint density at radius 1 is 1.04 bits per heavy atom. The molecule has 5 aliphatic rings.